The van der Waals surface area contributed by atoms with Gasteiger partial charge in [0.25, 0.3) is 5.91 Å². The van der Waals surface area contributed by atoms with E-state index in [1.807, 2.05) is 0 Å². The van der Waals surface area contributed by atoms with Gasteiger partial charge < -0.3 is 0 Å². The molecule has 0 fully saturated rings. The van der Waals surface area contributed by atoms with Gasteiger partial charge in [-0.2, -0.15) is 5.10 Å². The highest BCUT2D eigenvalue weighted by atomic mass is 16.2. The molecule has 1 atom stereocenters. The first-order chi connectivity index (χ1) is 9.66. The molecule has 1 amide bonds. The minimum Gasteiger partial charge on any atom is -0.266 e. The lowest BCUT2D eigenvalue weighted by Crippen LogP contribution is -2.19. The van der Waals surface area contributed by atoms with Gasteiger partial charge in [-0.1, -0.05) is 24.3 Å². The molecular formula is C16H19N3O. The van der Waals surface area contributed by atoms with Crippen LogP contribution in [-0.2, 0) is 0 Å². The summed E-state index contributed by atoms with van der Waals surface area (Å²) in [7, 11) is 0. The first-order valence-electron chi connectivity index (χ1n) is 6.75. The average molecular weight is 269 g/mol. The van der Waals surface area contributed by atoms with E-state index in [4.69, 9.17) is 0 Å². The molecule has 4 nitrogen and oxygen atoms in total. The third kappa shape index (κ3) is 3.88. The number of aromatic nitrogens is 1. The fourth-order valence-electron chi connectivity index (χ4n) is 2.15. The van der Waals surface area contributed by atoms with E-state index >= 15 is 0 Å². The van der Waals surface area contributed by atoms with Crippen LogP contribution in [0.15, 0.2) is 53.3 Å². The highest BCUT2D eigenvalue weighted by molar-refractivity contribution is 5.92. The number of pyridine rings is 1. The summed E-state index contributed by atoms with van der Waals surface area (Å²) in [4.78, 5) is 15.7. The molecule has 1 aliphatic rings. The number of carbonyl (C=O) groups is 1. The zero-order valence-electron chi connectivity index (χ0n) is 11.7. The van der Waals surface area contributed by atoms with Crippen LogP contribution in [0.3, 0.4) is 0 Å². The van der Waals surface area contributed by atoms with Gasteiger partial charge in [-0.25, -0.2) is 5.43 Å². The highest BCUT2D eigenvalue weighted by Crippen LogP contribution is 2.27. The Morgan fingerprint density at radius 2 is 2.40 bits per heavy atom. The maximum atomic E-state index is 11.7. The molecule has 1 heterocycles. The third-order valence-electron chi connectivity index (χ3n) is 3.44. The molecule has 0 saturated heterocycles. The largest absolute Gasteiger partial charge is 0.289 e. The Morgan fingerprint density at radius 1 is 1.55 bits per heavy atom. The quantitative estimate of drug-likeness (QED) is 0.519. The summed E-state index contributed by atoms with van der Waals surface area (Å²) in [5.41, 5.74) is 5.25. The van der Waals surface area contributed by atoms with Gasteiger partial charge in [0.2, 0.25) is 0 Å². The molecule has 104 valence electrons. The van der Waals surface area contributed by atoms with Crippen LogP contribution < -0.4 is 5.43 Å². The number of rotatable bonds is 4. The zero-order chi connectivity index (χ0) is 14.4. The molecule has 0 unspecified atom stereocenters. The monoisotopic (exact) mass is 269 g/mol. The van der Waals surface area contributed by atoms with Crippen LogP contribution >= 0.6 is 0 Å². The van der Waals surface area contributed by atoms with E-state index in [9.17, 15) is 4.79 Å². The second-order valence-electron chi connectivity index (χ2n) is 5.01. The van der Waals surface area contributed by atoms with Crippen LogP contribution in [-0.4, -0.2) is 17.1 Å². The predicted octanol–water partition coefficient (Wildman–Crippen LogP) is 3.10. The number of hydrogen-bond acceptors (Lipinski definition) is 3. The Hall–Kier alpha value is -2.23. The smallest absolute Gasteiger partial charge is 0.266 e. The normalized spacial score (nSPS) is 18.6. The summed E-state index contributed by atoms with van der Waals surface area (Å²) >= 11 is 0. The van der Waals surface area contributed by atoms with Crippen LogP contribution in [0.5, 0.6) is 0 Å². The molecular weight excluding hydrogens is 250 g/mol. The first-order valence-corrected chi connectivity index (χ1v) is 6.75. The Kier molecular flexibility index (Phi) is 4.82. The van der Waals surface area contributed by atoms with Gasteiger partial charge in [0, 0.05) is 6.20 Å². The SMILES string of the molecule is C=C(C)[C@@H]1CC=C(/C=N/NC(=O)c2ccccn2)CC1. The van der Waals surface area contributed by atoms with E-state index in [2.05, 4.69) is 35.1 Å². The molecule has 2 rings (SSSR count). The van der Waals surface area contributed by atoms with Gasteiger partial charge in [0.05, 0.1) is 6.21 Å². The van der Waals surface area contributed by atoms with Gasteiger partial charge in [-0.3, -0.25) is 9.78 Å². The number of nitrogens with one attached hydrogen (secondary N) is 1. The number of carbonyl (C=O) groups excluding carboxylic acids is 1. The lowest BCUT2D eigenvalue weighted by molar-refractivity contribution is 0.0950. The van der Waals surface area contributed by atoms with Crippen LogP contribution in [0.4, 0.5) is 0 Å². The summed E-state index contributed by atoms with van der Waals surface area (Å²) in [5.74, 6) is 0.285. The van der Waals surface area contributed by atoms with Crippen molar-refractivity contribution in [3.8, 4) is 0 Å². The molecule has 0 aliphatic heterocycles. The van der Waals surface area contributed by atoms with E-state index in [1.54, 1.807) is 30.6 Å². The van der Waals surface area contributed by atoms with Crippen molar-refractivity contribution in [2.75, 3.05) is 0 Å². The second kappa shape index (κ2) is 6.80. The van der Waals surface area contributed by atoms with Gasteiger partial charge in [0.15, 0.2) is 0 Å². The van der Waals surface area contributed by atoms with Gasteiger partial charge in [-0.05, 0) is 49.8 Å². The number of hydrogen-bond donors (Lipinski definition) is 1. The van der Waals surface area contributed by atoms with Crippen molar-refractivity contribution in [1.82, 2.24) is 10.4 Å². The predicted molar refractivity (Wildman–Crippen MR) is 80.4 cm³/mol. The number of allylic oxidation sites excluding steroid dienone is 3. The van der Waals surface area contributed by atoms with Crippen molar-refractivity contribution in [1.29, 1.82) is 0 Å². The lowest BCUT2D eigenvalue weighted by Gasteiger charge is -2.20. The van der Waals surface area contributed by atoms with Gasteiger partial charge in [0.1, 0.15) is 5.69 Å². The summed E-state index contributed by atoms with van der Waals surface area (Å²) in [5, 5.41) is 3.99. The first kappa shape index (κ1) is 14.2. The summed E-state index contributed by atoms with van der Waals surface area (Å²) in [6.07, 6.45) is 8.54. The summed E-state index contributed by atoms with van der Waals surface area (Å²) in [6, 6.07) is 5.19. The minimum absolute atomic E-state index is 0.293. The summed E-state index contributed by atoms with van der Waals surface area (Å²) < 4.78 is 0. The van der Waals surface area contributed by atoms with Crippen molar-refractivity contribution >= 4 is 12.1 Å². The fourth-order valence-corrected chi connectivity index (χ4v) is 2.15. The maximum Gasteiger partial charge on any atom is 0.289 e. The molecule has 1 aromatic heterocycles. The maximum absolute atomic E-state index is 11.7. The van der Waals surface area contributed by atoms with E-state index in [1.165, 1.54) is 5.57 Å². The Balaban J connectivity index is 1.86. The van der Waals surface area contributed by atoms with E-state index in [0.717, 1.165) is 24.8 Å². The number of amides is 1. The fraction of sp³-hybridized carbons (Fsp3) is 0.312. The van der Waals surface area contributed by atoms with Gasteiger partial charge >= 0.3 is 0 Å². The van der Waals surface area contributed by atoms with Crippen LogP contribution in [0.1, 0.15) is 36.7 Å². The van der Waals surface area contributed by atoms with Crippen molar-refractivity contribution in [3.63, 3.8) is 0 Å². The van der Waals surface area contributed by atoms with Crippen LogP contribution in [0.2, 0.25) is 0 Å². The topological polar surface area (TPSA) is 54.4 Å². The van der Waals surface area contributed by atoms with E-state index in [-0.39, 0.29) is 5.91 Å². The Bertz CT molecular complexity index is 546. The van der Waals surface area contributed by atoms with Crippen molar-refractivity contribution in [3.05, 3.63) is 53.9 Å². The molecule has 20 heavy (non-hydrogen) atoms. The molecule has 1 N–H and O–H groups in total. The third-order valence-corrected chi connectivity index (χ3v) is 3.44. The number of nitrogens with zero attached hydrogens (tertiary/aromatic N) is 2. The van der Waals surface area contributed by atoms with Crippen molar-refractivity contribution < 1.29 is 4.79 Å². The van der Waals surface area contributed by atoms with Crippen LogP contribution in [0, 0.1) is 5.92 Å². The average Bonchev–Trinajstić information content (AvgIpc) is 2.48. The molecule has 0 bridgehead atoms. The van der Waals surface area contributed by atoms with Crippen molar-refractivity contribution in [2.45, 2.75) is 26.2 Å². The lowest BCUT2D eigenvalue weighted by atomic mass is 9.86. The van der Waals surface area contributed by atoms with Crippen LogP contribution in [0.25, 0.3) is 0 Å². The highest BCUT2D eigenvalue weighted by Gasteiger charge is 2.13. The van der Waals surface area contributed by atoms with E-state index in [0.29, 0.717) is 11.6 Å². The van der Waals surface area contributed by atoms with Crippen molar-refractivity contribution in [2.24, 2.45) is 11.0 Å². The zero-order valence-corrected chi connectivity index (χ0v) is 11.7. The Labute approximate surface area is 119 Å². The number of hydrazone groups is 1. The molecule has 1 aromatic rings. The van der Waals surface area contributed by atoms with Gasteiger partial charge in [-0.15, -0.1) is 0 Å². The summed E-state index contributed by atoms with van der Waals surface area (Å²) in [6.45, 7) is 6.07. The molecule has 4 heteroatoms. The minimum atomic E-state index is -0.293. The second-order valence-corrected chi connectivity index (χ2v) is 5.01. The molecule has 0 aromatic carbocycles. The molecule has 0 radical (unpaired) electrons. The molecule has 0 spiro atoms. The Morgan fingerprint density at radius 3 is 3.00 bits per heavy atom. The standard InChI is InChI=1S/C16H19N3O/c1-12(2)14-8-6-13(7-9-14)11-18-19-16(20)15-5-3-4-10-17-15/h3-6,10-11,14H,1,7-9H2,2H3,(H,19,20)/b18-11+/t14-/m1/s1. The molecule has 1 aliphatic carbocycles. The van der Waals surface area contributed by atoms with E-state index < -0.39 is 0 Å². The molecule has 0 saturated carbocycles.